The summed E-state index contributed by atoms with van der Waals surface area (Å²) in [5.74, 6) is -0.315. The van der Waals surface area contributed by atoms with Crippen LogP contribution in [0.4, 0.5) is 0 Å². The summed E-state index contributed by atoms with van der Waals surface area (Å²) < 4.78 is 5.12. The summed E-state index contributed by atoms with van der Waals surface area (Å²) in [5.41, 5.74) is -1.43. The number of esters is 1. The van der Waals surface area contributed by atoms with Gasteiger partial charge in [-0.2, -0.15) is 0 Å². The van der Waals surface area contributed by atoms with Crippen LogP contribution in [0.25, 0.3) is 0 Å². The third-order valence-electron chi connectivity index (χ3n) is 3.31. The Labute approximate surface area is 83.8 Å². The molecule has 80 valence electrons. The van der Waals surface area contributed by atoms with E-state index in [4.69, 9.17) is 4.74 Å². The molecular formula is C10H16NO3-. The lowest BCUT2D eigenvalue weighted by Crippen LogP contribution is -2.64. The van der Waals surface area contributed by atoms with Gasteiger partial charge in [0, 0.05) is 5.54 Å². The minimum atomic E-state index is -0.859. The van der Waals surface area contributed by atoms with E-state index in [-0.39, 0.29) is 12.6 Å². The summed E-state index contributed by atoms with van der Waals surface area (Å²) >= 11 is 0. The predicted octanol–water partition coefficient (Wildman–Crippen LogP) is 1.43. The molecule has 1 aliphatic heterocycles. The minimum absolute atomic E-state index is 0.205. The highest BCUT2D eigenvalue weighted by molar-refractivity contribution is 5.82. The van der Waals surface area contributed by atoms with Gasteiger partial charge in [-0.25, -0.2) is 0 Å². The first-order valence-electron chi connectivity index (χ1n) is 5.14. The van der Waals surface area contributed by atoms with E-state index < -0.39 is 11.1 Å². The highest BCUT2D eigenvalue weighted by Crippen LogP contribution is 2.42. The molecule has 0 bridgehead atoms. The molecule has 0 unspecified atom stereocenters. The molecule has 2 rings (SSSR count). The summed E-state index contributed by atoms with van der Waals surface area (Å²) in [6.45, 7) is 3.86. The summed E-state index contributed by atoms with van der Waals surface area (Å²) in [5, 5.41) is 13.1. The molecule has 4 heteroatoms. The third kappa shape index (κ3) is 1.17. The maximum Gasteiger partial charge on any atom is 0.325 e. The second-order valence-corrected chi connectivity index (χ2v) is 4.92. The van der Waals surface area contributed by atoms with Crippen molar-refractivity contribution in [2.75, 3.05) is 6.61 Å². The number of nitrogens with zero attached hydrogens (tertiary/aromatic N) is 1. The molecule has 1 saturated heterocycles. The maximum absolute atomic E-state index is 12.1. The molecule has 1 aliphatic carbocycles. The fourth-order valence-electron chi connectivity index (χ4n) is 2.46. The molecule has 1 heterocycles. The molecule has 14 heavy (non-hydrogen) atoms. The average molecular weight is 198 g/mol. The van der Waals surface area contributed by atoms with Crippen LogP contribution in [0.5, 0.6) is 0 Å². The molecule has 2 fully saturated rings. The van der Waals surface area contributed by atoms with Crippen molar-refractivity contribution in [1.82, 2.24) is 5.06 Å². The fraction of sp³-hybridized carbons (Fsp3) is 0.900. The molecule has 0 amide bonds. The molecule has 4 nitrogen and oxygen atoms in total. The van der Waals surface area contributed by atoms with E-state index in [0.29, 0.717) is 12.8 Å². The van der Waals surface area contributed by atoms with Crippen LogP contribution < -0.4 is 0 Å². The number of hydrogen-bond acceptors (Lipinski definition) is 4. The summed E-state index contributed by atoms with van der Waals surface area (Å²) in [4.78, 5) is 11.7. The highest BCUT2D eigenvalue weighted by atomic mass is 16.6. The van der Waals surface area contributed by atoms with Gasteiger partial charge in [-0.05, 0) is 26.7 Å². The van der Waals surface area contributed by atoms with Gasteiger partial charge in [0.05, 0.1) is 0 Å². The monoisotopic (exact) mass is 198 g/mol. The second kappa shape index (κ2) is 2.94. The Morgan fingerprint density at radius 2 is 1.93 bits per heavy atom. The summed E-state index contributed by atoms with van der Waals surface area (Å²) in [7, 11) is 0. The molecule has 0 aromatic rings. The number of hydrogen-bond donors (Lipinski definition) is 0. The molecule has 2 aliphatic rings. The van der Waals surface area contributed by atoms with E-state index in [1.807, 2.05) is 13.8 Å². The Morgan fingerprint density at radius 3 is 2.50 bits per heavy atom. The summed E-state index contributed by atoms with van der Waals surface area (Å²) in [6, 6.07) is 0. The maximum atomic E-state index is 12.1. The van der Waals surface area contributed by atoms with Gasteiger partial charge in [0.25, 0.3) is 0 Å². The Kier molecular flexibility index (Phi) is 2.08. The van der Waals surface area contributed by atoms with Gasteiger partial charge in [-0.3, -0.25) is 4.79 Å². The van der Waals surface area contributed by atoms with Crippen molar-refractivity contribution in [3.8, 4) is 0 Å². The Balaban J connectivity index is 2.32. The van der Waals surface area contributed by atoms with E-state index in [1.165, 1.54) is 0 Å². The van der Waals surface area contributed by atoms with Gasteiger partial charge >= 0.3 is 5.97 Å². The molecular weight excluding hydrogens is 182 g/mol. The van der Waals surface area contributed by atoms with Crippen molar-refractivity contribution < 1.29 is 9.53 Å². The molecule has 0 aromatic carbocycles. The van der Waals surface area contributed by atoms with Gasteiger partial charge < -0.3 is 15.0 Å². The number of ether oxygens (including phenoxy) is 1. The zero-order valence-corrected chi connectivity index (χ0v) is 8.71. The lowest BCUT2D eigenvalue weighted by Gasteiger charge is -2.56. The van der Waals surface area contributed by atoms with Gasteiger partial charge in [0.15, 0.2) is 0 Å². The summed E-state index contributed by atoms with van der Waals surface area (Å²) in [6.07, 6.45) is 3.20. The van der Waals surface area contributed by atoms with Crippen molar-refractivity contribution >= 4 is 5.97 Å². The van der Waals surface area contributed by atoms with Crippen LogP contribution >= 0.6 is 0 Å². The standard InChI is InChI=1S/C10H16NO3/c1-9(2)7-14-8(12)10(11(9)13)5-3-4-6-10/h3-7H2,1-2H3/q-1. The van der Waals surface area contributed by atoms with Crippen molar-refractivity contribution in [3.05, 3.63) is 5.21 Å². The average Bonchev–Trinajstić information content (AvgIpc) is 2.60. The van der Waals surface area contributed by atoms with Crippen LogP contribution in [0.3, 0.4) is 0 Å². The van der Waals surface area contributed by atoms with Gasteiger partial charge in [0.1, 0.15) is 12.1 Å². The molecule has 0 radical (unpaired) electrons. The highest BCUT2D eigenvalue weighted by Gasteiger charge is 2.51. The first kappa shape index (κ1) is 9.93. The minimum Gasteiger partial charge on any atom is -0.784 e. The first-order valence-corrected chi connectivity index (χ1v) is 5.14. The normalized spacial score (nSPS) is 30.6. The topological polar surface area (TPSA) is 52.6 Å². The van der Waals surface area contributed by atoms with E-state index in [1.54, 1.807) is 0 Å². The largest absolute Gasteiger partial charge is 0.784 e. The SMILES string of the molecule is CC1(C)COC(=O)C2(CCCC2)N1[O-]. The lowest BCUT2D eigenvalue weighted by molar-refractivity contribution is -0.178. The van der Waals surface area contributed by atoms with Crippen molar-refractivity contribution in [1.29, 1.82) is 0 Å². The number of carbonyl (C=O) groups is 1. The lowest BCUT2D eigenvalue weighted by atomic mass is 9.89. The molecule has 0 atom stereocenters. The van der Waals surface area contributed by atoms with Gasteiger partial charge in [-0.1, -0.05) is 12.8 Å². The number of hydroxylamine groups is 2. The predicted molar refractivity (Wildman–Crippen MR) is 51.4 cm³/mol. The number of rotatable bonds is 0. The van der Waals surface area contributed by atoms with Crippen molar-refractivity contribution in [2.24, 2.45) is 0 Å². The van der Waals surface area contributed by atoms with E-state index in [0.717, 1.165) is 17.9 Å². The van der Waals surface area contributed by atoms with Gasteiger partial charge in [-0.15, -0.1) is 0 Å². The quantitative estimate of drug-likeness (QED) is 0.552. The van der Waals surface area contributed by atoms with E-state index >= 15 is 0 Å². The Hall–Kier alpha value is -0.610. The Morgan fingerprint density at radius 1 is 1.36 bits per heavy atom. The number of carbonyl (C=O) groups excluding carboxylic acids is 1. The van der Waals surface area contributed by atoms with Crippen LogP contribution in [-0.2, 0) is 9.53 Å². The van der Waals surface area contributed by atoms with Crippen LogP contribution in [-0.4, -0.2) is 28.7 Å². The fourth-order valence-corrected chi connectivity index (χ4v) is 2.46. The second-order valence-electron chi connectivity index (χ2n) is 4.92. The molecule has 0 N–H and O–H groups in total. The molecule has 1 saturated carbocycles. The van der Waals surface area contributed by atoms with Crippen LogP contribution in [0.1, 0.15) is 39.5 Å². The van der Waals surface area contributed by atoms with Crippen LogP contribution in [0.2, 0.25) is 0 Å². The van der Waals surface area contributed by atoms with Crippen LogP contribution in [0, 0.1) is 5.21 Å². The zero-order valence-electron chi connectivity index (χ0n) is 8.71. The molecule has 0 aromatic heterocycles. The van der Waals surface area contributed by atoms with Crippen molar-refractivity contribution in [3.63, 3.8) is 0 Å². The molecule has 1 spiro atoms. The van der Waals surface area contributed by atoms with Crippen molar-refractivity contribution in [2.45, 2.75) is 50.6 Å². The number of morpholine rings is 1. The van der Waals surface area contributed by atoms with Gasteiger partial charge in [0.2, 0.25) is 0 Å². The zero-order chi connectivity index (χ0) is 10.4. The smallest absolute Gasteiger partial charge is 0.325 e. The van der Waals surface area contributed by atoms with E-state index in [9.17, 15) is 10.0 Å². The third-order valence-corrected chi connectivity index (χ3v) is 3.31. The first-order chi connectivity index (χ1) is 6.49. The Bertz CT molecular complexity index is 256. The van der Waals surface area contributed by atoms with E-state index in [2.05, 4.69) is 0 Å². The van der Waals surface area contributed by atoms with Crippen LogP contribution in [0.15, 0.2) is 0 Å². The number of cyclic esters (lactones) is 1.